The van der Waals surface area contributed by atoms with Crippen molar-refractivity contribution in [3.05, 3.63) is 70.8 Å². The number of halogens is 2. The largest absolute Gasteiger partial charge is 0.445 e. The smallest absolute Gasteiger partial charge is 0.407 e. The van der Waals surface area contributed by atoms with Crippen LogP contribution in [0, 0.1) is 23.5 Å². The van der Waals surface area contributed by atoms with Crippen LogP contribution in [0.25, 0.3) is 0 Å². The van der Waals surface area contributed by atoms with E-state index < -0.39 is 23.5 Å². The fourth-order valence-electron chi connectivity index (χ4n) is 2.07. The van der Waals surface area contributed by atoms with Gasteiger partial charge >= 0.3 is 6.09 Å². The van der Waals surface area contributed by atoms with Crippen LogP contribution in [0.3, 0.4) is 0 Å². The highest BCUT2D eigenvalue weighted by molar-refractivity contribution is 5.94. The van der Waals surface area contributed by atoms with E-state index in [-0.39, 0.29) is 30.7 Å². The second-order valence-corrected chi connectivity index (χ2v) is 5.41. The van der Waals surface area contributed by atoms with Gasteiger partial charge in [-0.15, -0.1) is 0 Å². The summed E-state index contributed by atoms with van der Waals surface area (Å²) in [4.78, 5) is 22.8. The average Bonchev–Trinajstić information content (AvgIpc) is 2.61. The van der Waals surface area contributed by atoms with Crippen LogP contribution in [0.5, 0.6) is 0 Å². The van der Waals surface area contributed by atoms with Crippen LogP contribution in [-0.2, 0) is 11.3 Å². The number of Topliss-reactive ketones (excluding diaryl/α,β-unsaturated/α-hetero) is 1. The summed E-state index contributed by atoms with van der Waals surface area (Å²) in [6.07, 6.45) is -0.338. The number of nitrogens with one attached hydrogen (secondary N) is 1. The fourth-order valence-corrected chi connectivity index (χ4v) is 2.07. The van der Waals surface area contributed by atoms with Crippen LogP contribution in [0.1, 0.15) is 34.8 Å². The molecule has 6 heteroatoms. The number of carbonyl (C=O) groups excluding carboxylic acids is 2. The molecular weight excluding hydrogens is 340 g/mol. The van der Waals surface area contributed by atoms with E-state index in [1.165, 1.54) is 6.92 Å². The van der Waals surface area contributed by atoms with Gasteiger partial charge in [0, 0.05) is 19.0 Å². The van der Waals surface area contributed by atoms with Gasteiger partial charge in [-0.25, -0.2) is 13.6 Å². The molecule has 1 N–H and O–H groups in total. The predicted octanol–water partition coefficient (Wildman–Crippen LogP) is 3.84. The first-order valence-electron chi connectivity index (χ1n) is 7.91. The Hall–Kier alpha value is -3.20. The molecule has 2 rings (SSSR count). The summed E-state index contributed by atoms with van der Waals surface area (Å²) in [7, 11) is 0. The zero-order chi connectivity index (χ0) is 18.9. The van der Waals surface area contributed by atoms with Gasteiger partial charge in [0.2, 0.25) is 0 Å². The van der Waals surface area contributed by atoms with Gasteiger partial charge in [-0.2, -0.15) is 0 Å². The molecule has 0 bridgehead atoms. The molecule has 2 aromatic carbocycles. The summed E-state index contributed by atoms with van der Waals surface area (Å²) in [6.45, 7) is 1.56. The zero-order valence-electron chi connectivity index (χ0n) is 14.1. The molecule has 134 valence electrons. The van der Waals surface area contributed by atoms with Gasteiger partial charge in [-0.3, -0.25) is 4.79 Å². The minimum absolute atomic E-state index is 0.0664. The second kappa shape index (κ2) is 9.33. The summed E-state index contributed by atoms with van der Waals surface area (Å²) in [6, 6.07) is 11.0. The van der Waals surface area contributed by atoms with Gasteiger partial charge in [0.05, 0.1) is 11.1 Å². The normalized spacial score (nSPS) is 9.81. The topological polar surface area (TPSA) is 55.4 Å². The summed E-state index contributed by atoms with van der Waals surface area (Å²) in [5.74, 6) is 2.94. The molecule has 0 aliphatic heterocycles. The lowest BCUT2D eigenvalue weighted by Crippen LogP contribution is -2.24. The molecule has 1 amide bonds. The molecule has 2 aromatic rings. The van der Waals surface area contributed by atoms with Crippen molar-refractivity contribution in [3.8, 4) is 11.8 Å². The Morgan fingerprint density at radius 2 is 1.85 bits per heavy atom. The Balaban J connectivity index is 1.81. The van der Waals surface area contributed by atoms with Crippen molar-refractivity contribution in [2.24, 2.45) is 0 Å². The van der Waals surface area contributed by atoms with Crippen LogP contribution in [0.15, 0.2) is 42.5 Å². The first-order valence-corrected chi connectivity index (χ1v) is 7.91. The Morgan fingerprint density at radius 3 is 2.54 bits per heavy atom. The minimum Gasteiger partial charge on any atom is -0.445 e. The number of alkyl carbamates (subject to hydrolysis) is 1. The van der Waals surface area contributed by atoms with E-state index in [2.05, 4.69) is 17.2 Å². The highest BCUT2D eigenvalue weighted by atomic mass is 19.1. The van der Waals surface area contributed by atoms with Gasteiger partial charge in [0.1, 0.15) is 18.2 Å². The maximum absolute atomic E-state index is 13.6. The van der Waals surface area contributed by atoms with Crippen LogP contribution in [0.4, 0.5) is 13.6 Å². The van der Waals surface area contributed by atoms with Crippen LogP contribution >= 0.6 is 0 Å². The molecule has 0 saturated heterocycles. The number of carbonyl (C=O) groups is 2. The van der Waals surface area contributed by atoms with E-state index in [0.29, 0.717) is 6.07 Å². The van der Waals surface area contributed by atoms with Gasteiger partial charge < -0.3 is 10.1 Å². The summed E-state index contributed by atoms with van der Waals surface area (Å²) >= 11 is 0. The average molecular weight is 357 g/mol. The van der Waals surface area contributed by atoms with E-state index in [1.807, 2.05) is 30.3 Å². The third-order valence-electron chi connectivity index (χ3n) is 3.39. The fraction of sp³-hybridized carbons (Fsp3) is 0.200. The Labute approximate surface area is 150 Å². The molecule has 0 heterocycles. The molecule has 4 nitrogen and oxygen atoms in total. The van der Waals surface area contributed by atoms with Gasteiger partial charge in [0.15, 0.2) is 5.78 Å². The number of hydrogen-bond donors (Lipinski definition) is 1. The molecule has 0 radical (unpaired) electrons. The van der Waals surface area contributed by atoms with E-state index in [4.69, 9.17) is 4.74 Å². The van der Waals surface area contributed by atoms with E-state index >= 15 is 0 Å². The quantitative estimate of drug-likeness (QED) is 0.503. The van der Waals surface area contributed by atoms with E-state index in [0.717, 1.165) is 11.6 Å². The highest BCUT2D eigenvalue weighted by Gasteiger charge is 2.11. The van der Waals surface area contributed by atoms with Crippen molar-refractivity contribution in [2.45, 2.75) is 20.0 Å². The van der Waals surface area contributed by atoms with Crippen molar-refractivity contribution < 1.29 is 23.1 Å². The molecular formula is C20H17F2NO3. The molecule has 0 saturated carbocycles. The number of benzene rings is 2. The Bertz CT molecular complexity index is 855. The van der Waals surface area contributed by atoms with Crippen LogP contribution in [0.2, 0.25) is 0 Å². The monoisotopic (exact) mass is 357 g/mol. The zero-order valence-corrected chi connectivity index (χ0v) is 14.1. The molecule has 0 spiro atoms. The minimum atomic E-state index is -0.914. The lowest BCUT2D eigenvalue weighted by molar-refractivity contribution is 0.101. The maximum atomic E-state index is 13.6. The maximum Gasteiger partial charge on any atom is 0.407 e. The molecule has 0 aliphatic carbocycles. The molecule has 0 atom stereocenters. The Kier molecular flexibility index (Phi) is 6.86. The SMILES string of the molecule is CC(=O)c1cc(C#CCCNC(=O)OCc2ccccc2)c(F)cc1F. The lowest BCUT2D eigenvalue weighted by Gasteiger charge is -2.05. The van der Waals surface area contributed by atoms with Crippen LogP contribution < -0.4 is 5.32 Å². The van der Waals surface area contributed by atoms with Crippen molar-refractivity contribution in [2.75, 3.05) is 6.54 Å². The summed E-state index contributed by atoms with van der Waals surface area (Å²) in [5.41, 5.74) is 0.595. The predicted molar refractivity (Wildman–Crippen MR) is 92.5 cm³/mol. The molecule has 0 aliphatic rings. The summed E-state index contributed by atoms with van der Waals surface area (Å²) in [5, 5.41) is 2.52. The molecule has 0 unspecified atom stereocenters. The number of amides is 1. The van der Waals surface area contributed by atoms with Crippen molar-refractivity contribution in [3.63, 3.8) is 0 Å². The number of ketones is 1. The first kappa shape index (κ1) is 19.1. The van der Waals surface area contributed by atoms with Gasteiger partial charge in [-0.05, 0) is 18.6 Å². The third kappa shape index (κ3) is 5.71. The van der Waals surface area contributed by atoms with Gasteiger partial charge in [0.25, 0.3) is 0 Å². The number of ether oxygens (including phenoxy) is 1. The Morgan fingerprint density at radius 1 is 1.12 bits per heavy atom. The van der Waals surface area contributed by atoms with Gasteiger partial charge in [-0.1, -0.05) is 42.2 Å². The molecule has 0 aromatic heterocycles. The van der Waals surface area contributed by atoms with Crippen molar-refractivity contribution in [1.29, 1.82) is 0 Å². The number of hydrogen-bond acceptors (Lipinski definition) is 3. The molecule has 0 fully saturated rings. The van der Waals surface area contributed by atoms with Crippen molar-refractivity contribution in [1.82, 2.24) is 5.32 Å². The second-order valence-electron chi connectivity index (χ2n) is 5.41. The number of rotatable bonds is 5. The van der Waals surface area contributed by atoms with Crippen molar-refractivity contribution >= 4 is 11.9 Å². The van der Waals surface area contributed by atoms with E-state index in [9.17, 15) is 18.4 Å². The standard InChI is InChI=1S/C20H17F2NO3/c1-14(24)17-11-16(18(21)12-19(17)22)9-5-6-10-23-20(25)26-13-15-7-3-2-4-8-15/h2-4,7-8,11-12H,6,10,13H2,1H3,(H,23,25). The summed E-state index contributed by atoms with van der Waals surface area (Å²) < 4.78 is 32.1. The first-order chi connectivity index (χ1) is 12.5. The molecule has 26 heavy (non-hydrogen) atoms. The van der Waals surface area contributed by atoms with E-state index in [1.54, 1.807) is 0 Å². The highest BCUT2D eigenvalue weighted by Crippen LogP contribution is 2.14. The third-order valence-corrected chi connectivity index (χ3v) is 3.39. The van der Waals surface area contributed by atoms with Crippen LogP contribution in [-0.4, -0.2) is 18.4 Å². The lowest BCUT2D eigenvalue weighted by atomic mass is 10.1.